The minimum Gasteiger partial charge on any atom is -0.465 e. The number of carbonyl (C=O) groups excluding carboxylic acids is 2. The van der Waals surface area contributed by atoms with Crippen LogP contribution in [-0.4, -0.2) is 39.7 Å². The fourth-order valence-corrected chi connectivity index (χ4v) is 3.79. The van der Waals surface area contributed by atoms with E-state index in [9.17, 15) is 18.0 Å². The highest BCUT2D eigenvalue weighted by Gasteiger charge is 2.29. The number of hydrogen-bond acceptors (Lipinski definition) is 5. The summed E-state index contributed by atoms with van der Waals surface area (Å²) in [4.78, 5) is 24.2. The van der Waals surface area contributed by atoms with Crippen LogP contribution in [0.25, 0.3) is 0 Å². The van der Waals surface area contributed by atoms with Crippen molar-refractivity contribution in [1.82, 2.24) is 0 Å². The lowest BCUT2D eigenvalue weighted by molar-refractivity contribution is -0.116. The number of rotatable bonds is 6. The molecule has 0 saturated heterocycles. The molecule has 0 fully saturated rings. The van der Waals surface area contributed by atoms with Crippen LogP contribution >= 0.6 is 11.6 Å². The van der Waals surface area contributed by atoms with E-state index in [1.165, 1.54) is 32.2 Å². The zero-order valence-electron chi connectivity index (χ0n) is 15.0. The van der Waals surface area contributed by atoms with Crippen molar-refractivity contribution in [2.24, 2.45) is 0 Å². The van der Waals surface area contributed by atoms with Crippen LogP contribution in [0, 0.1) is 0 Å². The van der Waals surface area contributed by atoms with E-state index >= 15 is 0 Å². The molecule has 2 aromatic rings. The van der Waals surface area contributed by atoms with Crippen LogP contribution in [0.2, 0.25) is 5.02 Å². The summed E-state index contributed by atoms with van der Waals surface area (Å²) in [6.07, 6.45) is 1.02. The van der Waals surface area contributed by atoms with Crippen LogP contribution in [0.5, 0.6) is 0 Å². The molecule has 2 rings (SSSR count). The smallest absolute Gasteiger partial charge is 0.337 e. The first-order valence-electron chi connectivity index (χ1n) is 7.87. The van der Waals surface area contributed by atoms with Crippen LogP contribution in [-0.2, 0) is 19.6 Å². The van der Waals surface area contributed by atoms with Crippen molar-refractivity contribution in [3.63, 3.8) is 0 Å². The van der Waals surface area contributed by atoms with E-state index in [2.05, 4.69) is 10.1 Å². The van der Waals surface area contributed by atoms with Gasteiger partial charge in [0, 0.05) is 10.7 Å². The maximum absolute atomic E-state index is 12.6. The normalized spacial score (nSPS) is 12.1. The van der Waals surface area contributed by atoms with Gasteiger partial charge in [-0.3, -0.25) is 9.10 Å². The van der Waals surface area contributed by atoms with Crippen molar-refractivity contribution < 1.29 is 22.7 Å². The van der Waals surface area contributed by atoms with Crippen molar-refractivity contribution >= 4 is 44.9 Å². The second-order valence-electron chi connectivity index (χ2n) is 5.77. The number of benzene rings is 2. The Bertz CT molecular complexity index is 944. The van der Waals surface area contributed by atoms with Gasteiger partial charge in [-0.15, -0.1) is 0 Å². The first-order valence-corrected chi connectivity index (χ1v) is 10.1. The van der Waals surface area contributed by atoms with Gasteiger partial charge in [-0.05, 0) is 49.4 Å². The zero-order chi connectivity index (χ0) is 20.2. The first-order chi connectivity index (χ1) is 12.6. The molecule has 1 atom stereocenters. The van der Waals surface area contributed by atoms with E-state index in [-0.39, 0.29) is 5.56 Å². The minimum absolute atomic E-state index is 0.264. The number of anilines is 2. The van der Waals surface area contributed by atoms with E-state index in [4.69, 9.17) is 11.6 Å². The number of carbonyl (C=O) groups is 2. The molecule has 7 nitrogen and oxygen atoms in total. The third-order valence-electron chi connectivity index (χ3n) is 3.72. The third-order valence-corrected chi connectivity index (χ3v) is 5.21. The number of nitrogens with zero attached hydrogens (tertiary/aromatic N) is 1. The second kappa shape index (κ2) is 8.41. The minimum atomic E-state index is -3.74. The molecular formula is C18H19ClN2O5S. The molecule has 0 aliphatic heterocycles. The Labute approximate surface area is 162 Å². The lowest BCUT2D eigenvalue weighted by atomic mass is 10.2. The number of amides is 1. The summed E-state index contributed by atoms with van der Waals surface area (Å²) in [5.41, 5.74) is 0.924. The highest BCUT2D eigenvalue weighted by atomic mass is 35.5. The average Bonchev–Trinajstić information content (AvgIpc) is 2.61. The standard InChI is InChI=1S/C18H19ClN2O5S/c1-12(21(27(3,24)25)16-9-7-14(19)8-10-16)17(22)20-15-6-4-5-13(11-15)18(23)26-2/h4-12H,1-3H3,(H,20,22)/t12-/m0/s1. The van der Waals surface area contributed by atoms with Gasteiger partial charge < -0.3 is 10.1 Å². The zero-order valence-corrected chi connectivity index (χ0v) is 16.5. The summed E-state index contributed by atoms with van der Waals surface area (Å²) in [6, 6.07) is 11.2. The maximum atomic E-state index is 12.6. The van der Waals surface area contributed by atoms with Crippen LogP contribution in [0.1, 0.15) is 17.3 Å². The lowest BCUT2D eigenvalue weighted by Crippen LogP contribution is -2.45. The lowest BCUT2D eigenvalue weighted by Gasteiger charge is -2.28. The third kappa shape index (κ3) is 5.21. The maximum Gasteiger partial charge on any atom is 0.337 e. The van der Waals surface area contributed by atoms with Crippen molar-refractivity contribution in [1.29, 1.82) is 0 Å². The van der Waals surface area contributed by atoms with Gasteiger partial charge in [-0.1, -0.05) is 17.7 Å². The fraction of sp³-hybridized carbons (Fsp3) is 0.222. The number of esters is 1. The molecule has 0 bridgehead atoms. The van der Waals surface area contributed by atoms with Crippen LogP contribution < -0.4 is 9.62 Å². The fourth-order valence-electron chi connectivity index (χ4n) is 2.49. The van der Waals surface area contributed by atoms with Crippen molar-refractivity contribution in [3.8, 4) is 0 Å². The summed E-state index contributed by atoms with van der Waals surface area (Å²) >= 11 is 5.85. The van der Waals surface area contributed by atoms with E-state index in [0.717, 1.165) is 10.6 Å². The number of halogens is 1. The number of methoxy groups -OCH3 is 1. The highest BCUT2D eigenvalue weighted by Crippen LogP contribution is 2.23. The van der Waals surface area contributed by atoms with E-state index in [1.54, 1.807) is 30.3 Å². The quantitative estimate of drug-likeness (QED) is 0.739. The van der Waals surface area contributed by atoms with Crippen molar-refractivity contribution in [2.75, 3.05) is 23.0 Å². The molecule has 0 radical (unpaired) electrons. The SMILES string of the molecule is COC(=O)c1cccc(NC(=O)[C@H](C)N(c2ccc(Cl)cc2)S(C)(=O)=O)c1. The molecule has 144 valence electrons. The Morgan fingerprint density at radius 1 is 1.15 bits per heavy atom. The molecule has 1 N–H and O–H groups in total. The van der Waals surface area contributed by atoms with Gasteiger partial charge in [0.25, 0.3) is 0 Å². The molecular weight excluding hydrogens is 392 g/mol. The van der Waals surface area contributed by atoms with E-state index in [1.807, 2.05) is 0 Å². The van der Waals surface area contributed by atoms with E-state index < -0.39 is 27.9 Å². The summed E-state index contributed by atoms with van der Waals surface area (Å²) in [6.45, 7) is 1.47. The predicted octanol–water partition coefficient (Wildman–Crippen LogP) is 2.92. The monoisotopic (exact) mass is 410 g/mol. The van der Waals surface area contributed by atoms with Gasteiger partial charge in [0.05, 0.1) is 24.6 Å². The molecule has 27 heavy (non-hydrogen) atoms. The molecule has 1 amide bonds. The van der Waals surface area contributed by atoms with Crippen molar-refractivity contribution in [2.45, 2.75) is 13.0 Å². The molecule has 0 aliphatic carbocycles. The van der Waals surface area contributed by atoms with Crippen LogP contribution in [0.15, 0.2) is 48.5 Å². The second-order valence-corrected chi connectivity index (χ2v) is 8.07. The van der Waals surface area contributed by atoms with Crippen LogP contribution in [0.4, 0.5) is 11.4 Å². The number of ether oxygens (including phenoxy) is 1. The molecule has 2 aromatic carbocycles. The Morgan fingerprint density at radius 3 is 2.33 bits per heavy atom. The first kappa shape index (κ1) is 20.7. The van der Waals surface area contributed by atoms with Crippen LogP contribution in [0.3, 0.4) is 0 Å². The number of nitrogens with one attached hydrogen (secondary N) is 1. The van der Waals surface area contributed by atoms with Gasteiger partial charge >= 0.3 is 5.97 Å². The molecule has 0 aliphatic rings. The number of sulfonamides is 1. The summed E-state index contributed by atoms with van der Waals surface area (Å²) < 4.78 is 30.1. The van der Waals surface area contributed by atoms with E-state index in [0.29, 0.717) is 16.4 Å². The van der Waals surface area contributed by atoms with Gasteiger partial charge in [-0.2, -0.15) is 0 Å². The topological polar surface area (TPSA) is 92.8 Å². The molecule has 0 spiro atoms. The molecule has 0 unspecified atom stereocenters. The average molecular weight is 411 g/mol. The van der Waals surface area contributed by atoms with Crippen molar-refractivity contribution in [3.05, 3.63) is 59.1 Å². The Morgan fingerprint density at radius 2 is 1.78 bits per heavy atom. The van der Waals surface area contributed by atoms with Gasteiger partial charge in [0.1, 0.15) is 6.04 Å². The van der Waals surface area contributed by atoms with Gasteiger partial charge in [-0.25, -0.2) is 13.2 Å². The van der Waals surface area contributed by atoms with Gasteiger partial charge in [0.2, 0.25) is 15.9 Å². The summed E-state index contributed by atoms with van der Waals surface area (Å²) in [7, 11) is -2.48. The molecule has 0 aromatic heterocycles. The van der Waals surface area contributed by atoms with Gasteiger partial charge in [0.15, 0.2) is 0 Å². The highest BCUT2D eigenvalue weighted by molar-refractivity contribution is 7.92. The largest absolute Gasteiger partial charge is 0.465 e. The molecule has 9 heteroatoms. The molecule has 0 saturated carbocycles. The number of hydrogen-bond donors (Lipinski definition) is 1. The Hall–Kier alpha value is -2.58. The summed E-state index contributed by atoms with van der Waals surface area (Å²) in [5, 5.41) is 3.06. The Balaban J connectivity index is 2.28. The Kier molecular flexibility index (Phi) is 6.45. The summed E-state index contributed by atoms with van der Waals surface area (Å²) in [5.74, 6) is -1.10. The molecule has 0 heterocycles. The predicted molar refractivity (Wildman–Crippen MR) is 105 cm³/mol.